The van der Waals surface area contributed by atoms with Crippen molar-refractivity contribution in [2.75, 3.05) is 14.2 Å². The zero-order valence-electron chi connectivity index (χ0n) is 29.1. The highest BCUT2D eigenvalue weighted by Gasteiger charge is 2.71. The van der Waals surface area contributed by atoms with Gasteiger partial charge < -0.3 is 14.2 Å². The highest BCUT2D eigenvalue weighted by Crippen LogP contribution is 2.64. The summed E-state index contributed by atoms with van der Waals surface area (Å²) >= 11 is 3.35. The number of rotatable bonds is 12. The zero-order chi connectivity index (χ0) is 37.0. The molecule has 0 amide bonds. The summed E-state index contributed by atoms with van der Waals surface area (Å²) in [5.41, 5.74) is -4.28. The van der Waals surface area contributed by atoms with Crippen LogP contribution in [0.2, 0.25) is 0 Å². The Kier molecular flexibility index (Phi) is 11.5. The number of ether oxygens (including phenoxy) is 3. The molecule has 3 atom stereocenters. The van der Waals surface area contributed by atoms with E-state index in [-0.39, 0.29) is 48.8 Å². The van der Waals surface area contributed by atoms with Gasteiger partial charge in [-0.1, -0.05) is 76.1 Å². The van der Waals surface area contributed by atoms with Crippen LogP contribution in [0.5, 0.6) is 0 Å². The lowest BCUT2D eigenvalue weighted by Crippen LogP contribution is -2.64. The van der Waals surface area contributed by atoms with E-state index in [4.69, 9.17) is 14.2 Å². The second-order valence-electron chi connectivity index (χ2n) is 13.5. The lowest BCUT2D eigenvalue weighted by Gasteiger charge is -2.55. The molecule has 0 saturated heterocycles. The molecule has 0 N–H and O–H groups in total. The van der Waals surface area contributed by atoms with Crippen LogP contribution >= 0.6 is 15.9 Å². The first-order valence-electron chi connectivity index (χ1n) is 16.1. The molecule has 1 fully saturated rings. The number of hydrogen-bond acceptors (Lipinski definition) is 9. The largest absolute Gasteiger partial charge is 0.469 e. The fourth-order valence-electron chi connectivity index (χ4n) is 7.07. The number of halogens is 1. The molecule has 0 spiro atoms. The predicted octanol–water partition coefficient (Wildman–Crippen LogP) is 7.65. The molecule has 2 aliphatic carbocycles. The summed E-state index contributed by atoms with van der Waals surface area (Å²) in [6, 6.07) is 14.3. The van der Waals surface area contributed by atoms with Crippen molar-refractivity contribution >= 4 is 51.2 Å². The average molecular weight is 746 g/mol. The number of esters is 3. The summed E-state index contributed by atoms with van der Waals surface area (Å²) in [7, 11) is 2.36. The van der Waals surface area contributed by atoms with Gasteiger partial charge in [0.05, 0.1) is 36.0 Å². The second kappa shape index (κ2) is 15.0. The van der Waals surface area contributed by atoms with Crippen LogP contribution in [0.3, 0.4) is 0 Å². The number of carbonyl (C=O) groups excluding carboxylic acids is 6. The van der Waals surface area contributed by atoms with Crippen molar-refractivity contribution in [3.8, 4) is 0 Å². The van der Waals surface area contributed by atoms with E-state index in [9.17, 15) is 19.2 Å². The summed E-state index contributed by atoms with van der Waals surface area (Å²) in [5, 5.41) is 0. The molecule has 2 aliphatic rings. The number of allylic oxidation sites excluding steroid dienone is 6. The first kappa shape index (κ1) is 38.1. The van der Waals surface area contributed by atoms with Gasteiger partial charge in [0.2, 0.25) is 0 Å². The Morgan fingerprint density at radius 2 is 1.36 bits per heavy atom. The molecule has 0 aliphatic heterocycles. The molecule has 0 unspecified atom stereocenters. The number of carbonyl (C=O) groups is 6. The molecule has 10 heteroatoms. The predicted molar refractivity (Wildman–Crippen MR) is 190 cm³/mol. The van der Waals surface area contributed by atoms with E-state index in [1.54, 1.807) is 56.3 Å². The van der Waals surface area contributed by atoms with E-state index >= 15 is 9.59 Å². The van der Waals surface area contributed by atoms with Gasteiger partial charge in [-0.15, -0.1) is 0 Å². The normalized spacial score (nSPS) is 22.6. The average Bonchev–Trinajstić information content (AvgIpc) is 3.09. The fraction of sp³-hybridized carbons (Fsp3) is 0.350. The van der Waals surface area contributed by atoms with Crippen LogP contribution in [0, 0.1) is 16.2 Å². The summed E-state index contributed by atoms with van der Waals surface area (Å²) in [4.78, 5) is 85.9. The maximum atomic E-state index is 15.4. The topological polar surface area (TPSA) is 130 Å². The SMILES string of the molecule is C=C(C[C@]1(C(=O)OC)C[C@]2(CC=C(C)C)C(=O)C(C(=O)c3ccccc3)=C(OC(=O)c3ccc(Br)cc3)[C@](CC=C(C)C)(C1)C2=O)C(=O)OC. The zero-order valence-corrected chi connectivity index (χ0v) is 30.7. The number of Topliss-reactive ketones (excluding diaryl/α,β-unsaturated/α-hetero) is 3. The Labute approximate surface area is 300 Å². The van der Waals surface area contributed by atoms with E-state index in [0.29, 0.717) is 4.47 Å². The van der Waals surface area contributed by atoms with Crippen molar-refractivity contribution in [2.45, 2.75) is 59.8 Å². The quantitative estimate of drug-likeness (QED) is 0.0409. The number of ketones is 3. The molecule has 2 bridgehead atoms. The minimum absolute atomic E-state index is 0.0783. The molecule has 4 rings (SSSR count). The van der Waals surface area contributed by atoms with E-state index in [1.807, 2.05) is 13.8 Å². The van der Waals surface area contributed by atoms with Gasteiger partial charge in [0.25, 0.3) is 0 Å². The maximum absolute atomic E-state index is 15.4. The third kappa shape index (κ3) is 7.12. The molecule has 2 aromatic carbocycles. The van der Waals surface area contributed by atoms with Crippen molar-refractivity contribution < 1.29 is 43.0 Å². The van der Waals surface area contributed by atoms with Crippen LogP contribution < -0.4 is 0 Å². The molecule has 0 aromatic heterocycles. The Hall–Kier alpha value is -4.70. The van der Waals surface area contributed by atoms with Crippen LogP contribution in [0.1, 0.15) is 80.5 Å². The van der Waals surface area contributed by atoms with Crippen LogP contribution in [0.15, 0.2) is 106 Å². The molecule has 262 valence electrons. The number of fused-ring (bicyclic) bond motifs is 2. The molecule has 50 heavy (non-hydrogen) atoms. The van der Waals surface area contributed by atoms with Gasteiger partial charge in [-0.25, -0.2) is 9.59 Å². The molecule has 0 heterocycles. The maximum Gasteiger partial charge on any atom is 0.343 e. The van der Waals surface area contributed by atoms with Gasteiger partial charge in [0, 0.05) is 15.6 Å². The molecule has 2 aromatic rings. The lowest BCUT2D eigenvalue weighted by molar-refractivity contribution is -0.172. The third-order valence-electron chi connectivity index (χ3n) is 9.37. The van der Waals surface area contributed by atoms with Crippen LogP contribution in [-0.2, 0) is 33.4 Å². The molecule has 1 saturated carbocycles. The fourth-order valence-corrected chi connectivity index (χ4v) is 7.33. The van der Waals surface area contributed by atoms with Gasteiger partial charge in [0.1, 0.15) is 11.3 Å². The van der Waals surface area contributed by atoms with Crippen molar-refractivity contribution in [3.05, 3.63) is 117 Å². The summed E-state index contributed by atoms with van der Waals surface area (Å²) in [5.74, 6) is -5.11. The Morgan fingerprint density at radius 3 is 1.90 bits per heavy atom. The smallest absolute Gasteiger partial charge is 0.343 e. The van der Waals surface area contributed by atoms with E-state index in [1.165, 1.54) is 38.5 Å². The van der Waals surface area contributed by atoms with Gasteiger partial charge in [-0.3, -0.25) is 19.2 Å². The van der Waals surface area contributed by atoms with Crippen molar-refractivity contribution in [2.24, 2.45) is 16.2 Å². The van der Waals surface area contributed by atoms with Crippen molar-refractivity contribution in [1.29, 1.82) is 0 Å². The van der Waals surface area contributed by atoms with Gasteiger partial charge >= 0.3 is 17.9 Å². The highest BCUT2D eigenvalue weighted by atomic mass is 79.9. The number of methoxy groups -OCH3 is 2. The molecule has 0 radical (unpaired) electrons. The Balaban J connectivity index is 2.17. The van der Waals surface area contributed by atoms with Gasteiger partial charge in [-0.05, 0) is 84.1 Å². The lowest BCUT2D eigenvalue weighted by atomic mass is 9.44. The first-order chi connectivity index (χ1) is 23.6. The van der Waals surface area contributed by atoms with Crippen LogP contribution in [0.25, 0.3) is 0 Å². The van der Waals surface area contributed by atoms with Crippen LogP contribution in [-0.4, -0.2) is 49.5 Å². The van der Waals surface area contributed by atoms with Crippen molar-refractivity contribution in [3.63, 3.8) is 0 Å². The minimum Gasteiger partial charge on any atom is -0.469 e. The third-order valence-corrected chi connectivity index (χ3v) is 9.90. The van der Waals surface area contributed by atoms with Crippen LogP contribution in [0.4, 0.5) is 0 Å². The van der Waals surface area contributed by atoms with E-state index in [2.05, 4.69) is 22.5 Å². The Morgan fingerprint density at radius 1 is 0.800 bits per heavy atom. The summed E-state index contributed by atoms with van der Waals surface area (Å²) < 4.78 is 17.1. The van der Waals surface area contributed by atoms with E-state index in [0.717, 1.165) is 11.1 Å². The van der Waals surface area contributed by atoms with Crippen molar-refractivity contribution in [1.82, 2.24) is 0 Å². The first-order valence-corrected chi connectivity index (χ1v) is 16.9. The van der Waals surface area contributed by atoms with E-state index < -0.39 is 62.8 Å². The second-order valence-corrected chi connectivity index (χ2v) is 14.4. The van der Waals surface area contributed by atoms with Gasteiger partial charge in [-0.2, -0.15) is 0 Å². The number of hydrogen-bond donors (Lipinski definition) is 0. The monoisotopic (exact) mass is 744 g/mol. The summed E-state index contributed by atoms with van der Waals surface area (Å²) in [6.45, 7) is 11.1. The van der Waals surface area contributed by atoms with Gasteiger partial charge in [0.15, 0.2) is 17.3 Å². The molecular formula is C40H41BrO9. The summed E-state index contributed by atoms with van der Waals surface area (Å²) in [6.07, 6.45) is 2.11. The standard InChI is InChI=1S/C40H41BrO9/c1-24(2)17-19-39-22-38(37(47)49-7,21-26(5)34(44)48-6)23-40(36(39)46,20-18-25(3)4)33(50-35(45)28-13-15-29(41)16-14-28)30(32(39)43)31(42)27-11-9-8-10-12-27/h8-18H,5,19-23H2,1-4,6-7H3/t38-,39+,40-/m0/s1. The molecular weight excluding hydrogens is 704 g/mol. The number of benzene rings is 2. The minimum atomic E-state index is -1.98. The highest BCUT2D eigenvalue weighted by molar-refractivity contribution is 9.10. The Bertz CT molecular complexity index is 1840. The molecule has 9 nitrogen and oxygen atoms in total.